The molecular weight excluding hydrogens is 266 g/mol. The molecule has 1 atom stereocenters. The van der Waals surface area contributed by atoms with Crippen LogP contribution in [0, 0.1) is 0 Å². The van der Waals surface area contributed by atoms with E-state index in [1.807, 2.05) is 37.3 Å². The van der Waals surface area contributed by atoms with Gasteiger partial charge in [0.05, 0.1) is 26.9 Å². The van der Waals surface area contributed by atoms with Gasteiger partial charge in [0, 0.05) is 18.2 Å². The number of hydrogen-bond acceptors (Lipinski definition) is 4. The van der Waals surface area contributed by atoms with Crippen LogP contribution >= 0.6 is 0 Å². The van der Waals surface area contributed by atoms with Crippen molar-refractivity contribution in [2.24, 2.45) is 5.73 Å². The molecule has 0 aromatic heterocycles. The molecule has 0 amide bonds. The molecule has 0 spiro atoms. The molecule has 4 nitrogen and oxygen atoms in total. The summed E-state index contributed by atoms with van der Waals surface area (Å²) in [5.41, 5.74) is 8.92. The summed E-state index contributed by atoms with van der Waals surface area (Å²) in [6, 6.07) is 11.7. The monoisotopic (exact) mass is 287 g/mol. The molecule has 0 heterocycles. The van der Waals surface area contributed by atoms with Crippen LogP contribution in [0.1, 0.15) is 18.5 Å². The molecule has 0 aliphatic rings. The normalized spacial score (nSPS) is 11.9. The lowest BCUT2D eigenvalue weighted by Gasteiger charge is -2.16. The summed E-state index contributed by atoms with van der Waals surface area (Å²) in [6.07, 6.45) is 0. The van der Waals surface area contributed by atoms with E-state index in [9.17, 15) is 0 Å². The number of rotatable bonds is 5. The van der Waals surface area contributed by atoms with Crippen molar-refractivity contribution in [1.29, 1.82) is 0 Å². The first-order valence-corrected chi connectivity index (χ1v) is 6.76. The summed E-state index contributed by atoms with van der Waals surface area (Å²) in [7, 11) is 4.88. The van der Waals surface area contributed by atoms with Crippen LogP contribution in [0.3, 0.4) is 0 Å². The molecule has 2 rings (SSSR count). The van der Waals surface area contributed by atoms with Crippen LogP contribution in [-0.2, 0) is 0 Å². The SMILES string of the molecule is COc1cc(OC)c(-c2cccc(C(C)N)c2)c(OC)c1. The second-order valence-electron chi connectivity index (χ2n) is 4.82. The van der Waals surface area contributed by atoms with Gasteiger partial charge in [-0.25, -0.2) is 0 Å². The van der Waals surface area contributed by atoms with E-state index in [4.69, 9.17) is 19.9 Å². The standard InChI is InChI=1S/C17H21NO3/c1-11(18)12-6-5-7-13(8-12)17-15(20-3)9-14(19-2)10-16(17)21-4/h5-11H,18H2,1-4H3. The zero-order valence-electron chi connectivity index (χ0n) is 12.8. The van der Waals surface area contributed by atoms with Gasteiger partial charge in [-0.1, -0.05) is 18.2 Å². The third-order valence-electron chi connectivity index (χ3n) is 3.42. The van der Waals surface area contributed by atoms with Crippen molar-refractivity contribution in [1.82, 2.24) is 0 Å². The van der Waals surface area contributed by atoms with Gasteiger partial charge >= 0.3 is 0 Å². The molecular formula is C17H21NO3. The zero-order valence-corrected chi connectivity index (χ0v) is 12.8. The van der Waals surface area contributed by atoms with Crippen LogP contribution in [0.2, 0.25) is 0 Å². The fourth-order valence-electron chi connectivity index (χ4n) is 2.27. The Morgan fingerprint density at radius 2 is 1.52 bits per heavy atom. The highest BCUT2D eigenvalue weighted by Crippen LogP contribution is 2.42. The highest BCUT2D eigenvalue weighted by atomic mass is 16.5. The summed E-state index contributed by atoms with van der Waals surface area (Å²) in [5, 5.41) is 0. The van der Waals surface area contributed by atoms with E-state index < -0.39 is 0 Å². The van der Waals surface area contributed by atoms with Crippen LogP contribution in [0.25, 0.3) is 11.1 Å². The highest BCUT2D eigenvalue weighted by molar-refractivity contribution is 5.78. The lowest BCUT2D eigenvalue weighted by Crippen LogP contribution is -2.04. The molecule has 2 aromatic rings. The third kappa shape index (κ3) is 3.11. The molecule has 0 saturated heterocycles. The van der Waals surface area contributed by atoms with Crippen LogP contribution in [0.15, 0.2) is 36.4 Å². The molecule has 0 aliphatic carbocycles. The van der Waals surface area contributed by atoms with Gasteiger partial charge < -0.3 is 19.9 Å². The van der Waals surface area contributed by atoms with Crippen LogP contribution < -0.4 is 19.9 Å². The quantitative estimate of drug-likeness (QED) is 0.915. The van der Waals surface area contributed by atoms with Gasteiger partial charge in [-0.2, -0.15) is 0 Å². The van der Waals surface area contributed by atoms with Gasteiger partial charge in [0.25, 0.3) is 0 Å². The fraction of sp³-hybridized carbons (Fsp3) is 0.294. The molecule has 2 N–H and O–H groups in total. The smallest absolute Gasteiger partial charge is 0.134 e. The van der Waals surface area contributed by atoms with E-state index in [2.05, 4.69) is 6.07 Å². The Labute approximate surface area is 125 Å². The number of benzene rings is 2. The molecule has 21 heavy (non-hydrogen) atoms. The Bertz CT molecular complexity index is 598. The maximum Gasteiger partial charge on any atom is 0.134 e. The Morgan fingerprint density at radius 3 is 2.00 bits per heavy atom. The molecule has 0 radical (unpaired) electrons. The third-order valence-corrected chi connectivity index (χ3v) is 3.42. The van der Waals surface area contributed by atoms with Gasteiger partial charge in [-0.15, -0.1) is 0 Å². The predicted molar refractivity (Wildman–Crippen MR) is 84.1 cm³/mol. The van der Waals surface area contributed by atoms with Gasteiger partial charge in [-0.3, -0.25) is 0 Å². The van der Waals surface area contributed by atoms with Gasteiger partial charge in [-0.05, 0) is 24.1 Å². The largest absolute Gasteiger partial charge is 0.496 e. The van der Waals surface area contributed by atoms with Gasteiger partial charge in [0.15, 0.2) is 0 Å². The molecule has 0 aliphatic heterocycles. The van der Waals surface area contributed by atoms with Crippen molar-refractivity contribution in [3.8, 4) is 28.4 Å². The van der Waals surface area contributed by atoms with E-state index in [-0.39, 0.29) is 6.04 Å². The molecule has 0 saturated carbocycles. The average molecular weight is 287 g/mol. The Balaban J connectivity index is 2.64. The molecule has 2 aromatic carbocycles. The first-order valence-electron chi connectivity index (χ1n) is 6.76. The van der Waals surface area contributed by atoms with Gasteiger partial charge in [0.2, 0.25) is 0 Å². The average Bonchev–Trinajstić information content (AvgIpc) is 2.53. The maximum atomic E-state index is 5.96. The fourth-order valence-corrected chi connectivity index (χ4v) is 2.27. The van der Waals surface area contributed by atoms with Crippen molar-refractivity contribution in [3.63, 3.8) is 0 Å². The van der Waals surface area contributed by atoms with E-state index in [0.717, 1.165) is 16.7 Å². The Kier molecular flexibility index (Phi) is 4.70. The number of ether oxygens (including phenoxy) is 3. The molecule has 0 fully saturated rings. The summed E-state index contributed by atoms with van der Waals surface area (Å²) in [4.78, 5) is 0. The second-order valence-corrected chi connectivity index (χ2v) is 4.82. The van der Waals surface area contributed by atoms with E-state index in [1.54, 1.807) is 21.3 Å². The van der Waals surface area contributed by atoms with E-state index >= 15 is 0 Å². The van der Waals surface area contributed by atoms with Crippen LogP contribution in [-0.4, -0.2) is 21.3 Å². The Hall–Kier alpha value is -2.20. The van der Waals surface area contributed by atoms with Crippen molar-refractivity contribution in [3.05, 3.63) is 42.0 Å². The zero-order chi connectivity index (χ0) is 15.4. The lowest BCUT2D eigenvalue weighted by molar-refractivity contribution is 0.377. The van der Waals surface area contributed by atoms with Crippen molar-refractivity contribution in [2.75, 3.05) is 21.3 Å². The number of methoxy groups -OCH3 is 3. The minimum absolute atomic E-state index is 0.0276. The van der Waals surface area contributed by atoms with Crippen LogP contribution in [0.4, 0.5) is 0 Å². The van der Waals surface area contributed by atoms with E-state index in [0.29, 0.717) is 17.2 Å². The second kappa shape index (κ2) is 6.50. The highest BCUT2D eigenvalue weighted by Gasteiger charge is 2.16. The minimum atomic E-state index is -0.0276. The summed E-state index contributed by atoms with van der Waals surface area (Å²) in [6.45, 7) is 1.96. The first-order chi connectivity index (χ1) is 10.1. The topological polar surface area (TPSA) is 53.7 Å². The Morgan fingerprint density at radius 1 is 0.905 bits per heavy atom. The van der Waals surface area contributed by atoms with Crippen molar-refractivity contribution in [2.45, 2.75) is 13.0 Å². The van der Waals surface area contributed by atoms with Crippen LogP contribution in [0.5, 0.6) is 17.2 Å². The molecule has 0 bridgehead atoms. The van der Waals surface area contributed by atoms with Crippen molar-refractivity contribution >= 4 is 0 Å². The summed E-state index contributed by atoms with van der Waals surface area (Å²) >= 11 is 0. The number of hydrogen-bond donors (Lipinski definition) is 1. The first kappa shape index (κ1) is 15.2. The maximum absolute atomic E-state index is 5.96. The summed E-state index contributed by atoms with van der Waals surface area (Å²) < 4.78 is 16.3. The molecule has 112 valence electrons. The predicted octanol–water partition coefficient (Wildman–Crippen LogP) is 3.40. The lowest BCUT2D eigenvalue weighted by atomic mass is 9.98. The van der Waals surface area contributed by atoms with Crippen molar-refractivity contribution < 1.29 is 14.2 Å². The van der Waals surface area contributed by atoms with E-state index in [1.165, 1.54) is 0 Å². The van der Waals surface area contributed by atoms with Gasteiger partial charge in [0.1, 0.15) is 17.2 Å². The molecule has 4 heteroatoms. The number of nitrogens with two attached hydrogens (primary N) is 1. The molecule has 1 unspecified atom stereocenters. The minimum Gasteiger partial charge on any atom is -0.496 e. The summed E-state index contributed by atoms with van der Waals surface area (Å²) in [5.74, 6) is 2.09.